The number of hydrogen-bond acceptors (Lipinski definition) is 4. The zero-order valence-corrected chi connectivity index (χ0v) is 19.9. The fraction of sp³-hybridized carbons (Fsp3) is 0.524. The number of rotatable bonds is 4. The van der Waals surface area contributed by atoms with Gasteiger partial charge in [0.1, 0.15) is 5.69 Å². The van der Waals surface area contributed by atoms with Crippen molar-refractivity contribution in [1.82, 2.24) is 9.88 Å². The van der Waals surface area contributed by atoms with E-state index in [-0.39, 0.29) is 11.3 Å². The van der Waals surface area contributed by atoms with Crippen molar-refractivity contribution in [2.45, 2.75) is 50.2 Å². The Labute approximate surface area is 186 Å². The molecule has 1 unspecified atom stereocenters. The van der Waals surface area contributed by atoms with Crippen LogP contribution in [0.1, 0.15) is 60.6 Å². The summed E-state index contributed by atoms with van der Waals surface area (Å²) >= 11 is 4.77. The Morgan fingerprint density at radius 1 is 1.38 bits per heavy atom. The minimum atomic E-state index is -1.38. The molecule has 29 heavy (non-hydrogen) atoms. The van der Waals surface area contributed by atoms with Crippen molar-refractivity contribution in [2.75, 3.05) is 13.1 Å². The highest BCUT2D eigenvalue weighted by Crippen LogP contribution is 2.56. The first-order valence-corrected chi connectivity index (χ1v) is 12.7. The van der Waals surface area contributed by atoms with Crippen LogP contribution in [0.3, 0.4) is 0 Å². The van der Waals surface area contributed by atoms with Crippen molar-refractivity contribution in [3.8, 4) is 0 Å². The summed E-state index contributed by atoms with van der Waals surface area (Å²) in [6.07, 6.45) is 3.69. The second-order valence-corrected chi connectivity index (χ2v) is 12.7. The Morgan fingerprint density at radius 2 is 2.07 bits per heavy atom. The van der Waals surface area contributed by atoms with Crippen molar-refractivity contribution >= 4 is 44.2 Å². The van der Waals surface area contributed by atoms with Crippen LogP contribution in [-0.2, 0) is 17.4 Å². The molecule has 4 rings (SSSR count). The van der Waals surface area contributed by atoms with Crippen molar-refractivity contribution in [3.05, 3.63) is 50.4 Å². The SMILES string of the molecule is CC(C)(C[C@@H]1c2ccccc2CC12CCN(C(=O)c1csc(Br)n1)CC2)S(N)=O. The molecule has 1 aliphatic heterocycles. The lowest BCUT2D eigenvalue weighted by Gasteiger charge is -2.45. The quantitative estimate of drug-likeness (QED) is 0.688. The normalized spacial score (nSPS) is 21.9. The van der Waals surface area contributed by atoms with Gasteiger partial charge in [0.05, 0.1) is 15.7 Å². The van der Waals surface area contributed by atoms with Crippen molar-refractivity contribution in [3.63, 3.8) is 0 Å². The minimum absolute atomic E-state index is 0.0113. The van der Waals surface area contributed by atoms with Crippen molar-refractivity contribution in [2.24, 2.45) is 10.6 Å². The van der Waals surface area contributed by atoms with Gasteiger partial charge >= 0.3 is 0 Å². The van der Waals surface area contributed by atoms with Crippen molar-refractivity contribution < 1.29 is 9.00 Å². The van der Waals surface area contributed by atoms with Crippen LogP contribution in [0, 0.1) is 5.41 Å². The van der Waals surface area contributed by atoms with E-state index in [0.717, 1.165) is 42.7 Å². The number of nitrogens with zero attached hydrogens (tertiary/aromatic N) is 2. The Hall–Kier alpha value is -1.09. The second kappa shape index (κ2) is 7.87. The number of fused-ring (bicyclic) bond motifs is 1. The Balaban J connectivity index is 1.57. The maximum Gasteiger partial charge on any atom is 0.273 e. The molecule has 156 valence electrons. The van der Waals surface area contributed by atoms with Gasteiger partial charge in [0.15, 0.2) is 3.92 Å². The Morgan fingerprint density at radius 3 is 2.69 bits per heavy atom. The smallest absolute Gasteiger partial charge is 0.273 e. The first-order valence-electron chi connectivity index (χ1n) is 9.86. The lowest BCUT2D eigenvalue weighted by atomic mass is 9.66. The topological polar surface area (TPSA) is 76.3 Å². The van der Waals surface area contributed by atoms with Crippen LogP contribution >= 0.6 is 27.3 Å². The van der Waals surface area contributed by atoms with Crippen LogP contribution in [-0.4, -0.2) is 37.8 Å². The number of aromatic nitrogens is 1. The number of hydrogen-bond donors (Lipinski definition) is 1. The zero-order chi connectivity index (χ0) is 20.8. The molecule has 1 fully saturated rings. The monoisotopic (exact) mass is 495 g/mol. The molecule has 5 nitrogen and oxygen atoms in total. The molecule has 1 aromatic heterocycles. The summed E-state index contributed by atoms with van der Waals surface area (Å²) in [5, 5.41) is 7.63. The lowest BCUT2D eigenvalue weighted by Crippen LogP contribution is -2.46. The fourth-order valence-electron chi connectivity index (χ4n) is 4.96. The molecular formula is C21H26BrN3O2S2. The van der Waals surface area contributed by atoms with E-state index < -0.39 is 15.7 Å². The van der Waals surface area contributed by atoms with Gasteiger partial charge < -0.3 is 4.90 Å². The molecule has 2 N–H and O–H groups in total. The van der Waals surface area contributed by atoms with E-state index in [0.29, 0.717) is 11.6 Å². The van der Waals surface area contributed by atoms with E-state index in [1.807, 2.05) is 24.1 Å². The van der Waals surface area contributed by atoms with Gasteiger partial charge in [-0.1, -0.05) is 24.3 Å². The number of halogens is 1. The molecule has 1 saturated heterocycles. The highest BCUT2D eigenvalue weighted by molar-refractivity contribution is 9.11. The molecule has 1 aromatic carbocycles. The van der Waals surface area contributed by atoms with Crippen LogP contribution < -0.4 is 5.14 Å². The number of thiazole rings is 1. The number of piperidine rings is 1. The Bertz CT molecular complexity index is 951. The number of benzene rings is 1. The van der Waals surface area contributed by atoms with Crippen LogP contribution in [0.4, 0.5) is 0 Å². The molecular weight excluding hydrogens is 470 g/mol. The highest BCUT2D eigenvalue weighted by atomic mass is 79.9. The number of amides is 1. The van der Waals surface area contributed by atoms with E-state index >= 15 is 0 Å². The van der Waals surface area contributed by atoms with E-state index in [1.165, 1.54) is 22.5 Å². The standard InChI is InChI=1S/C21H26BrN3O2S2/c1-20(2,29(23)27)12-16-15-6-4-3-5-14(15)11-21(16)7-9-25(10-8-21)18(26)17-13-28-19(22)24-17/h3-6,13,16H,7-12,23H2,1-2H3/t16-,29?/m1/s1. The molecule has 0 saturated carbocycles. The summed E-state index contributed by atoms with van der Waals surface area (Å²) in [5.74, 6) is 0.323. The largest absolute Gasteiger partial charge is 0.337 e. The van der Waals surface area contributed by atoms with Gasteiger partial charge in [0.25, 0.3) is 5.91 Å². The summed E-state index contributed by atoms with van der Waals surface area (Å²) in [4.78, 5) is 19.0. The molecule has 2 aliphatic rings. The fourth-order valence-corrected chi connectivity index (χ4v) is 6.28. The number of nitrogens with two attached hydrogens (primary N) is 1. The van der Waals surface area contributed by atoms with E-state index in [4.69, 9.17) is 5.14 Å². The predicted molar refractivity (Wildman–Crippen MR) is 121 cm³/mol. The molecule has 0 radical (unpaired) electrons. The third kappa shape index (κ3) is 3.96. The highest BCUT2D eigenvalue weighted by Gasteiger charge is 2.50. The minimum Gasteiger partial charge on any atom is -0.337 e. The second-order valence-electron chi connectivity index (χ2n) is 8.83. The average molecular weight is 496 g/mol. The summed E-state index contributed by atoms with van der Waals surface area (Å²) in [5.41, 5.74) is 3.37. The number of likely N-dealkylation sites (tertiary alicyclic amines) is 1. The van der Waals surface area contributed by atoms with Crippen molar-refractivity contribution in [1.29, 1.82) is 0 Å². The molecule has 8 heteroatoms. The average Bonchev–Trinajstić information content (AvgIpc) is 3.24. The maximum absolute atomic E-state index is 12.8. The first-order chi connectivity index (χ1) is 13.7. The molecule has 0 bridgehead atoms. The Kier molecular flexibility index (Phi) is 5.74. The summed E-state index contributed by atoms with van der Waals surface area (Å²) in [6, 6.07) is 8.62. The van der Waals surface area contributed by atoms with E-state index in [1.54, 1.807) is 0 Å². The molecule has 1 amide bonds. The first kappa shape index (κ1) is 21.2. The van der Waals surface area contributed by atoms with Crippen LogP contribution in [0.5, 0.6) is 0 Å². The van der Waals surface area contributed by atoms with Gasteiger partial charge in [-0.15, -0.1) is 11.3 Å². The predicted octanol–water partition coefficient (Wildman–Crippen LogP) is 4.26. The molecule has 2 heterocycles. The van der Waals surface area contributed by atoms with Crippen LogP contribution in [0.15, 0.2) is 33.6 Å². The number of carbonyl (C=O) groups is 1. The molecule has 1 spiro atoms. The zero-order valence-electron chi connectivity index (χ0n) is 16.7. The summed E-state index contributed by atoms with van der Waals surface area (Å²) in [7, 11) is -1.38. The van der Waals surface area contributed by atoms with Gasteiger partial charge in [-0.05, 0) is 77.9 Å². The third-order valence-electron chi connectivity index (χ3n) is 6.69. The lowest BCUT2D eigenvalue weighted by molar-refractivity contribution is 0.0517. The summed E-state index contributed by atoms with van der Waals surface area (Å²) < 4.78 is 12.4. The van der Waals surface area contributed by atoms with Gasteiger partial charge in [0, 0.05) is 18.5 Å². The van der Waals surface area contributed by atoms with Gasteiger partial charge in [0.2, 0.25) is 0 Å². The molecule has 1 aliphatic carbocycles. The molecule has 2 aromatic rings. The number of carbonyl (C=O) groups excluding carboxylic acids is 1. The van der Waals surface area contributed by atoms with Gasteiger partial charge in [-0.25, -0.2) is 9.19 Å². The van der Waals surface area contributed by atoms with Gasteiger partial charge in [-0.2, -0.15) is 0 Å². The van der Waals surface area contributed by atoms with Crippen LogP contribution in [0.25, 0.3) is 0 Å². The van der Waals surface area contributed by atoms with Crippen LogP contribution in [0.2, 0.25) is 0 Å². The van der Waals surface area contributed by atoms with Gasteiger partial charge in [-0.3, -0.25) is 9.93 Å². The third-order valence-corrected chi connectivity index (χ3v) is 9.32. The van der Waals surface area contributed by atoms with E-state index in [9.17, 15) is 9.00 Å². The molecule has 2 atom stereocenters. The maximum atomic E-state index is 12.8. The van der Waals surface area contributed by atoms with E-state index in [2.05, 4.69) is 45.2 Å². The summed E-state index contributed by atoms with van der Waals surface area (Å²) in [6.45, 7) is 5.45.